The summed E-state index contributed by atoms with van der Waals surface area (Å²) in [6.45, 7) is 1.76. The number of hydrogen-bond acceptors (Lipinski definition) is 3. The van der Waals surface area contributed by atoms with Crippen LogP contribution in [-0.4, -0.2) is 24.1 Å². The highest BCUT2D eigenvalue weighted by atomic mass is 79.9. The maximum Gasteiger partial charge on any atom is 0.257 e. The number of amides is 1. The van der Waals surface area contributed by atoms with Crippen LogP contribution in [0, 0.1) is 5.82 Å². The van der Waals surface area contributed by atoms with Crippen LogP contribution in [0.3, 0.4) is 0 Å². The van der Waals surface area contributed by atoms with Gasteiger partial charge in [-0.25, -0.2) is 4.39 Å². The summed E-state index contributed by atoms with van der Waals surface area (Å²) in [7, 11) is 0. The summed E-state index contributed by atoms with van der Waals surface area (Å²) in [4.78, 5) is 14.3. The lowest BCUT2D eigenvalue weighted by Gasteiger charge is -2.29. The number of carbonyl (C=O) groups is 1. The monoisotopic (exact) mass is 435 g/mol. The molecule has 7 heteroatoms. The lowest BCUT2D eigenvalue weighted by molar-refractivity contribution is 0.0977. The van der Waals surface area contributed by atoms with Gasteiger partial charge in [0.05, 0.1) is 5.69 Å². The van der Waals surface area contributed by atoms with E-state index in [9.17, 15) is 9.18 Å². The molecule has 1 saturated heterocycles. The number of rotatable bonds is 3. The zero-order valence-electron chi connectivity index (χ0n) is 14.1. The molecule has 0 atom stereocenters. The zero-order chi connectivity index (χ0) is 18.5. The van der Waals surface area contributed by atoms with Gasteiger partial charge in [0.1, 0.15) is 5.82 Å². The van der Waals surface area contributed by atoms with Crippen LogP contribution in [0.1, 0.15) is 29.6 Å². The van der Waals surface area contributed by atoms with Crippen LogP contribution in [0.15, 0.2) is 46.9 Å². The van der Waals surface area contributed by atoms with Gasteiger partial charge in [0.15, 0.2) is 5.11 Å². The molecule has 2 N–H and O–H groups in total. The SMILES string of the molecule is O=C(NC(=S)Nc1ccc(N2CCCCC2)c(F)c1)c1cccc(Br)c1. The predicted octanol–water partition coefficient (Wildman–Crippen LogP) is 4.71. The largest absolute Gasteiger partial charge is 0.369 e. The summed E-state index contributed by atoms with van der Waals surface area (Å²) in [5.41, 5.74) is 1.59. The van der Waals surface area contributed by atoms with Crippen molar-refractivity contribution in [1.82, 2.24) is 5.32 Å². The maximum absolute atomic E-state index is 14.4. The van der Waals surface area contributed by atoms with E-state index in [4.69, 9.17) is 12.2 Å². The van der Waals surface area contributed by atoms with Gasteiger partial charge in [0, 0.05) is 28.8 Å². The fourth-order valence-corrected chi connectivity index (χ4v) is 3.55. The molecule has 0 saturated carbocycles. The number of piperidine rings is 1. The van der Waals surface area contributed by atoms with Crippen LogP contribution >= 0.6 is 28.1 Å². The lowest BCUT2D eigenvalue weighted by Crippen LogP contribution is -2.34. The number of anilines is 2. The van der Waals surface area contributed by atoms with Crippen molar-refractivity contribution in [2.45, 2.75) is 19.3 Å². The van der Waals surface area contributed by atoms with Gasteiger partial charge >= 0.3 is 0 Å². The van der Waals surface area contributed by atoms with Crippen molar-refractivity contribution >= 4 is 50.5 Å². The van der Waals surface area contributed by atoms with Crippen LogP contribution < -0.4 is 15.5 Å². The van der Waals surface area contributed by atoms with Crippen molar-refractivity contribution in [2.75, 3.05) is 23.3 Å². The molecule has 3 rings (SSSR count). The molecule has 1 heterocycles. The van der Waals surface area contributed by atoms with Crippen LogP contribution in [0.25, 0.3) is 0 Å². The van der Waals surface area contributed by atoms with Gasteiger partial charge in [-0.1, -0.05) is 22.0 Å². The second kappa shape index (κ2) is 8.60. The van der Waals surface area contributed by atoms with Crippen molar-refractivity contribution < 1.29 is 9.18 Å². The summed E-state index contributed by atoms with van der Waals surface area (Å²) < 4.78 is 15.2. The number of halogens is 2. The van der Waals surface area contributed by atoms with E-state index in [1.54, 1.807) is 30.3 Å². The molecule has 1 amide bonds. The molecular formula is C19H19BrFN3OS. The topological polar surface area (TPSA) is 44.4 Å². The highest BCUT2D eigenvalue weighted by Gasteiger charge is 2.15. The smallest absolute Gasteiger partial charge is 0.257 e. The molecule has 1 aliphatic rings. The molecule has 2 aromatic carbocycles. The minimum Gasteiger partial charge on any atom is -0.369 e. The molecule has 0 unspecified atom stereocenters. The van der Waals surface area contributed by atoms with E-state index in [1.165, 1.54) is 12.5 Å². The van der Waals surface area contributed by atoms with Crippen molar-refractivity contribution in [1.29, 1.82) is 0 Å². The fraction of sp³-hybridized carbons (Fsp3) is 0.263. The van der Waals surface area contributed by atoms with E-state index in [2.05, 4.69) is 31.5 Å². The minimum absolute atomic E-state index is 0.125. The summed E-state index contributed by atoms with van der Waals surface area (Å²) >= 11 is 8.48. The van der Waals surface area contributed by atoms with E-state index in [0.717, 1.165) is 30.4 Å². The first-order valence-electron chi connectivity index (χ1n) is 8.45. The van der Waals surface area contributed by atoms with Crippen molar-refractivity contribution in [3.8, 4) is 0 Å². The van der Waals surface area contributed by atoms with Gasteiger partial charge in [0.25, 0.3) is 5.91 Å². The minimum atomic E-state index is -0.325. The Morgan fingerprint density at radius 1 is 1.12 bits per heavy atom. The van der Waals surface area contributed by atoms with E-state index in [0.29, 0.717) is 16.9 Å². The van der Waals surface area contributed by atoms with E-state index in [-0.39, 0.29) is 16.8 Å². The van der Waals surface area contributed by atoms with Gasteiger partial charge in [-0.3, -0.25) is 10.1 Å². The Hall–Kier alpha value is -1.99. The standard InChI is InChI=1S/C19H19BrFN3OS/c20-14-6-4-5-13(11-14)18(25)23-19(26)22-15-7-8-17(16(21)12-15)24-9-2-1-3-10-24/h4-8,11-12H,1-3,9-10H2,(H2,22,23,25,26). The molecule has 0 aliphatic carbocycles. The first-order chi connectivity index (χ1) is 12.5. The second-order valence-corrected chi connectivity index (χ2v) is 7.46. The second-order valence-electron chi connectivity index (χ2n) is 6.13. The maximum atomic E-state index is 14.4. The van der Waals surface area contributed by atoms with E-state index in [1.807, 2.05) is 6.07 Å². The van der Waals surface area contributed by atoms with E-state index >= 15 is 0 Å². The third-order valence-corrected chi connectivity index (χ3v) is 4.91. The normalized spacial score (nSPS) is 14.0. The lowest BCUT2D eigenvalue weighted by atomic mass is 10.1. The molecule has 26 heavy (non-hydrogen) atoms. The predicted molar refractivity (Wildman–Crippen MR) is 110 cm³/mol. The Balaban J connectivity index is 1.62. The molecule has 1 fully saturated rings. The van der Waals surface area contributed by atoms with Gasteiger partial charge < -0.3 is 10.2 Å². The third kappa shape index (κ3) is 4.80. The highest BCUT2D eigenvalue weighted by Crippen LogP contribution is 2.25. The Bertz CT molecular complexity index is 824. The summed E-state index contributed by atoms with van der Waals surface area (Å²) in [5.74, 6) is -0.618. The van der Waals surface area contributed by atoms with Gasteiger partial charge in [-0.15, -0.1) is 0 Å². The molecule has 4 nitrogen and oxygen atoms in total. The van der Waals surface area contributed by atoms with Crippen LogP contribution in [-0.2, 0) is 0 Å². The number of hydrogen-bond donors (Lipinski definition) is 2. The molecule has 0 radical (unpaired) electrons. The van der Waals surface area contributed by atoms with Crippen molar-refractivity contribution in [2.24, 2.45) is 0 Å². The van der Waals surface area contributed by atoms with Gasteiger partial charge in [0.2, 0.25) is 0 Å². The number of nitrogens with zero attached hydrogens (tertiary/aromatic N) is 1. The fourth-order valence-electron chi connectivity index (χ4n) is 2.94. The molecule has 2 aromatic rings. The summed E-state index contributed by atoms with van der Waals surface area (Å²) in [6.07, 6.45) is 3.38. The molecule has 0 aromatic heterocycles. The number of thiocarbonyl (C=S) groups is 1. The molecule has 136 valence electrons. The Morgan fingerprint density at radius 3 is 2.58 bits per heavy atom. The van der Waals surface area contributed by atoms with Gasteiger partial charge in [-0.2, -0.15) is 0 Å². The zero-order valence-corrected chi connectivity index (χ0v) is 16.5. The van der Waals surface area contributed by atoms with Crippen LogP contribution in [0.5, 0.6) is 0 Å². The highest BCUT2D eigenvalue weighted by molar-refractivity contribution is 9.10. The first kappa shape index (κ1) is 18.8. The van der Waals surface area contributed by atoms with Gasteiger partial charge in [-0.05, 0) is 67.9 Å². The third-order valence-electron chi connectivity index (χ3n) is 4.22. The van der Waals surface area contributed by atoms with Crippen molar-refractivity contribution in [3.63, 3.8) is 0 Å². The average Bonchev–Trinajstić information content (AvgIpc) is 2.62. The van der Waals surface area contributed by atoms with Crippen molar-refractivity contribution in [3.05, 3.63) is 58.3 Å². The number of carbonyl (C=O) groups excluding carboxylic acids is 1. The summed E-state index contributed by atoms with van der Waals surface area (Å²) in [5, 5.41) is 5.58. The van der Waals surface area contributed by atoms with E-state index < -0.39 is 0 Å². The Morgan fingerprint density at radius 2 is 1.88 bits per heavy atom. The molecule has 0 spiro atoms. The Kier molecular flexibility index (Phi) is 6.21. The molecule has 1 aliphatic heterocycles. The number of benzene rings is 2. The van der Waals surface area contributed by atoms with Crippen LogP contribution in [0.4, 0.5) is 15.8 Å². The Labute approximate surface area is 165 Å². The quantitative estimate of drug-likeness (QED) is 0.685. The molecular weight excluding hydrogens is 417 g/mol. The summed E-state index contributed by atoms with van der Waals surface area (Å²) in [6, 6.07) is 11.9. The number of nitrogens with one attached hydrogen (secondary N) is 2. The first-order valence-corrected chi connectivity index (χ1v) is 9.65. The molecule has 0 bridgehead atoms. The average molecular weight is 436 g/mol. The van der Waals surface area contributed by atoms with Crippen LogP contribution in [0.2, 0.25) is 0 Å².